The molecule has 0 radical (unpaired) electrons. The Balaban J connectivity index is 0.000000194. The molecule has 4 aromatic rings. The van der Waals surface area contributed by atoms with Gasteiger partial charge in [-0.15, -0.1) is 0 Å². The first-order valence-electron chi connectivity index (χ1n) is 17.0. The van der Waals surface area contributed by atoms with E-state index in [2.05, 4.69) is 10.6 Å². The number of rotatable bonds is 8. The monoisotopic (exact) mass is 726 g/mol. The lowest BCUT2D eigenvalue weighted by Crippen LogP contribution is -2.21. The van der Waals surface area contributed by atoms with Gasteiger partial charge >= 0.3 is 0 Å². The highest BCUT2D eigenvalue weighted by Crippen LogP contribution is 2.40. The molecular weight excluding hydrogens is 687 g/mol. The van der Waals surface area contributed by atoms with Gasteiger partial charge in [0.2, 0.25) is 11.8 Å². The number of nitrogens with one attached hydrogen (secondary N) is 2. The van der Waals surface area contributed by atoms with Crippen LogP contribution in [-0.4, -0.2) is 11.8 Å². The molecule has 0 aliphatic heterocycles. The van der Waals surface area contributed by atoms with Crippen LogP contribution in [0.5, 0.6) is 0 Å². The summed E-state index contributed by atoms with van der Waals surface area (Å²) in [5.41, 5.74) is 2.64. The first-order valence-corrected chi connectivity index (χ1v) is 17.8. The molecule has 2 fully saturated rings. The smallest absolute Gasteiger partial charge is 0.224 e. The van der Waals surface area contributed by atoms with E-state index < -0.39 is 0 Å². The van der Waals surface area contributed by atoms with Gasteiger partial charge in [-0.25, -0.2) is 17.6 Å². The molecule has 0 spiro atoms. The van der Waals surface area contributed by atoms with Crippen LogP contribution in [0.4, 0.5) is 28.9 Å². The Morgan fingerprint density at radius 3 is 1.18 bits per heavy atom. The summed E-state index contributed by atoms with van der Waals surface area (Å²) in [6.45, 7) is 0. The topological polar surface area (TPSA) is 58.2 Å². The van der Waals surface area contributed by atoms with Gasteiger partial charge in [0, 0.05) is 34.3 Å². The summed E-state index contributed by atoms with van der Waals surface area (Å²) in [5.74, 6) is -0.298. The maximum atomic E-state index is 14.0. The number of amides is 2. The molecule has 2 aliphatic carbocycles. The number of halogens is 6. The molecule has 0 unspecified atom stereocenters. The molecule has 2 saturated carbocycles. The summed E-state index contributed by atoms with van der Waals surface area (Å²) in [6.07, 6.45) is 7.92. The fraction of sp³-hybridized carbons (Fsp3) is 0.350. The fourth-order valence-corrected chi connectivity index (χ4v) is 7.35. The molecule has 50 heavy (non-hydrogen) atoms. The van der Waals surface area contributed by atoms with Crippen molar-refractivity contribution in [3.8, 4) is 0 Å². The van der Waals surface area contributed by atoms with Gasteiger partial charge in [0.25, 0.3) is 0 Å². The highest BCUT2D eigenvalue weighted by molar-refractivity contribution is 6.30. The first-order chi connectivity index (χ1) is 24.0. The Hall–Kier alpha value is -3.88. The molecule has 4 aromatic carbocycles. The van der Waals surface area contributed by atoms with E-state index in [1.807, 2.05) is 0 Å². The first kappa shape index (κ1) is 37.4. The molecule has 2 N–H and O–H groups in total. The molecule has 10 heteroatoms. The minimum Gasteiger partial charge on any atom is -0.326 e. The van der Waals surface area contributed by atoms with Crippen LogP contribution in [-0.2, 0) is 9.59 Å². The van der Waals surface area contributed by atoms with Crippen molar-refractivity contribution < 1.29 is 27.2 Å². The third-order valence-corrected chi connectivity index (χ3v) is 10.2. The second kappa shape index (κ2) is 17.9. The molecule has 0 bridgehead atoms. The predicted molar refractivity (Wildman–Crippen MR) is 192 cm³/mol. The van der Waals surface area contributed by atoms with E-state index in [1.54, 1.807) is 48.5 Å². The zero-order chi connectivity index (χ0) is 35.6. The van der Waals surface area contributed by atoms with E-state index >= 15 is 0 Å². The van der Waals surface area contributed by atoms with Crippen LogP contribution >= 0.6 is 23.2 Å². The molecule has 0 aromatic heterocycles. The normalized spacial score (nSPS) is 20.3. The maximum absolute atomic E-state index is 14.0. The van der Waals surface area contributed by atoms with E-state index in [0.717, 1.165) is 62.5 Å². The van der Waals surface area contributed by atoms with Crippen molar-refractivity contribution >= 4 is 46.4 Å². The predicted octanol–water partition coefficient (Wildman–Crippen LogP) is 11.8. The lowest BCUT2D eigenvalue weighted by atomic mass is 9.77. The maximum Gasteiger partial charge on any atom is 0.224 e. The van der Waals surface area contributed by atoms with Crippen LogP contribution in [0.1, 0.15) is 87.2 Å². The highest BCUT2D eigenvalue weighted by Gasteiger charge is 2.27. The van der Waals surface area contributed by atoms with Gasteiger partial charge in [-0.1, -0.05) is 35.3 Å². The quantitative estimate of drug-likeness (QED) is 0.178. The average Bonchev–Trinajstić information content (AvgIpc) is 3.08. The van der Waals surface area contributed by atoms with Crippen molar-refractivity contribution in [1.29, 1.82) is 0 Å². The summed E-state index contributed by atoms with van der Waals surface area (Å²) in [4.78, 5) is 24.3. The Labute approximate surface area is 300 Å². The standard InChI is InChI=1S/2C20H20ClF2NO/c2*21-15-5-10-18(19(23)12-15)14-3-1-13(2-4-14)11-20(25)24-17-8-6-16(22)7-9-17/h2*5-10,12-14H,1-4,11H2,(H,24,25). The highest BCUT2D eigenvalue weighted by atomic mass is 35.5. The van der Waals surface area contributed by atoms with Crippen LogP contribution < -0.4 is 10.6 Å². The Morgan fingerprint density at radius 1 is 0.520 bits per heavy atom. The summed E-state index contributed by atoms with van der Waals surface area (Å²) in [6, 6.07) is 21.2. The second-order valence-corrected chi connectivity index (χ2v) is 14.2. The Kier molecular flexibility index (Phi) is 13.4. The van der Waals surface area contributed by atoms with Gasteiger partial charge in [0.1, 0.15) is 23.3 Å². The SMILES string of the molecule is O=C(CC1CCC(c2ccc(Cl)cc2F)CC1)Nc1ccc(F)cc1.O=C(CC1CCC(c2ccc(Cl)cc2F)CC1)Nc1ccc(F)cc1. The number of benzene rings is 4. The molecular formula is C40H40Cl2F4N2O2. The van der Waals surface area contributed by atoms with E-state index in [4.69, 9.17) is 23.2 Å². The lowest BCUT2D eigenvalue weighted by molar-refractivity contribution is -0.118. The van der Waals surface area contributed by atoms with Gasteiger partial charge in [0.05, 0.1) is 0 Å². The Bertz CT molecular complexity index is 1610. The van der Waals surface area contributed by atoms with Crippen molar-refractivity contribution in [3.63, 3.8) is 0 Å². The van der Waals surface area contributed by atoms with Crippen LogP contribution in [0.25, 0.3) is 0 Å². The van der Waals surface area contributed by atoms with Crippen molar-refractivity contribution in [2.45, 2.75) is 76.0 Å². The number of carbonyl (C=O) groups is 2. The van der Waals surface area contributed by atoms with Crippen LogP contribution in [0.3, 0.4) is 0 Å². The third-order valence-electron chi connectivity index (χ3n) is 9.70. The van der Waals surface area contributed by atoms with E-state index in [9.17, 15) is 27.2 Å². The second-order valence-electron chi connectivity index (χ2n) is 13.3. The number of anilines is 2. The summed E-state index contributed by atoms with van der Waals surface area (Å²) in [7, 11) is 0. The number of hydrogen-bond acceptors (Lipinski definition) is 2. The molecule has 0 atom stereocenters. The van der Waals surface area contributed by atoms with Crippen LogP contribution in [0.15, 0.2) is 84.9 Å². The van der Waals surface area contributed by atoms with E-state index in [-0.39, 0.29) is 46.9 Å². The van der Waals surface area contributed by atoms with Crippen molar-refractivity contribution in [3.05, 3.63) is 129 Å². The summed E-state index contributed by atoms with van der Waals surface area (Å²) in [5, 5.41) is 6.41. The largest absolute Gasteiger partial charge is 0.326 e. The summed E-state index contributed by atoms with van der Waals surface area (Å²) < 4.78 is 53.8. The molecule has 2 aliphatic rings. The zero-order valence-corrected chi connectivity index (χ0v) is 29.1. The minimum atomic E-state index is -0.328. The van der Waals surface area contributed by atoms with Gasteiger partial charge in [0.15, 0.2) is 0 Å². The molecule has 4 nitrogen and oxygen atoms in total. The molecule has 0 saturated heterocycles. The van der Waals surface area contributed by atoms with Crippen molar-refractivity contribution in [2.24, 2.45) is 11.8 Å². The van der Waals surface area contributed by atoms with Gasteiger partial charge in [-0.2, -0.15) is 0 Å². The average molecular weight is 728 g/mol. The van der Waals surface area contributed by atoms with Crippen LogP contribution in [0.2, 0.25) is 10.0 Å². The number of hydrogen-bond donors (Lipinski definition) is 2. The fourth-order valence-electron chi connectivity index (χ4n) is 7.04. The molecule has 2 amide bonds. The lowest BCUT2D eigenvalue weighted by Gasteiger charge is -2.28. The Morgan fingerprint density at radius 2 is 0.860 bits per heavy atom. The van der Waals surface area contributed by atoms with Crippen molar-refractivity contribution in [1.82, 2.24) is 0 Å². The molecule has 6 rings (SSSR count). The van der Waals surface area contributed by atoms with Gasteiger partial charge < -0.3 is 10.6 Å². The number of carbonyl (C=O) groups excluding carboxylic acids is 2. The van der Waals surface area contributed by atoms with E-state index in [1.165, 1.54) is 36.4 Å². The van der Waals surface area contributed by atoms with Crippen molar-refractivity contribution in [2.75, 3.05) is 10.6 Å². The molecule has 264 valence electrons. The zero-order valence-electron chi connectivity index (χ0n) is 27.5. The van der Waals surface area contributed by atoms with Gasteiger partial charge in [-0.3, -0.25) is 9.59 Å². The third kappa shape index (κ3) is 11.1. The van der Waals surface area contributed by atoms with Gasteiger partial charge in [-0.05, 0) is 159 Å². The summed E-state index contributed by atoms with van der Waals surface area (Å²) >= 11 is 11.6. The minimum absolute atomic E-state index is 0.0623. The van der Waals surface area contributed by atoms with E-state index in [0.29, 0.717) is 46.1 Å². The van der Waals surface area contributed by atoms with Crippen LogP contribution in [0, 0.1) is 35.1 Å². The molecule has 0 heterocycles.